The van der Waals surface area contributed by atoms with Gasteiger partial charge in [-0.25, -0.2) is 0 Å². The molecule has 0 aromatic heterocycles. The highest BCUT2D eigenvalue weighted by Crippen LogP contribution is 2.22. The van der Waals surface area contributed by atoms with Crippen molar-refractivity contribution >= 4 is 5.97 Å². The summed E-state index contributed by atoms with van der Waals surface area (Å²) in [5.41, 5.74) is 6.75. The lowest BCUT2D eigenvalue weighted by atomic mass is 9.88. The van der Waals surface area contributed by atoms with E-state index in [4.69, 9.17) is 10.5 Å². The molecule has 2 N–H and O–H groups in total. The summed E-state index contributed by atoms with van der Waals surface area (Å²) < 4.78 is 5.30. The zero-order chi connectivity index (χ0) is 15.1. The predicted molar refractivity (Wildman–Crippen MR) is 83.7 cm³/mol. The fraction of sp³-hybridized carbons (Fsp3) is 0.588. The fourth-order valence-corrected chi connectivity index (χ4v) is 2.61. The smallest absolute Gasteiger partial charge is 0.326 e. The van der Waals surface area contributed by atoms with E-state index >= 15 is 0 Å². The number of nitrogens with two attached hydrogens (primary N) is 1. The van der Waals surface area contributed by atoms with Gasteiger partial charge in [0.15, 0.2) is 0 Å². The van der Waals surface area contributed by atoms with Gasteiger partial charge in [-0.3, -0.25) is 9.69 Å². The third-order valence-corrected chi connectivity index (χ3v) is 4.13. The molecule has 0 amide bonds. The van der Waals surface area contributed by atoms with Crippen molar-refractivity contribution in [3.63, 3.8) is 0 Å². The molecule has 1 saturated heterocycles. The van der Waals surface area contributed by atoms with Crippen LogP contribution in [-0.4, -0.2) is 36.1 Å². The van der Waals surface area contributed by atoms with Crippen LogP contribution in [0.1, 0.15) is 38.2 Å². The van der Waals surface area contributed by atoms with Crippen LogP contribution in [0.5, 0.6) is 0 Å². The van der Waals surface area contributed by atoms with E-state index in [0.29, 0.717) is 19.4 Å². The van der Waals surface area contributed by atoms with Crippen molar-refractivity contribution < 1.29 is 9.53 Å². The molecule has 1 aromatic carbocycles. The Balaban J connectivity index is 1.80. The second-order valence-corrected chi connectivity index (χ2v) is 5.91. The molecule has 0 spiro atoms. The Labute approximate surface area is 127 Å². The third-order valence-electron chi connectivity index (χ3n) is 4.13. The average molecular weight is 290 g/mol. The van der Waals surface area contributed by atoms with Gasteiger partial charge >= 0.3 is 5.97 Å². The molecule has 0 atom stereocenters. The van der Waals surface area contributed by atoms with Crippen LogP contribution in [0.25, 0.3) is 0 Å². The molecule has 0 bridgehead atoms. The van der Waals surface area contributed by atoms with E-state index in [9.17, 15) is 4.79 Å². The number of nitrogens with zero attached hydrogens (tertiary/aromatic N) is 1. The molecule has 1 fully saturated rings. The monoisotopic (exact) mass is 290 g/mol. The van der Waals surface area contributed by atoms with Crippen LogP contribution in [0.15, 0.2) is 30.3 Å². The number of carbonyl (C=O) groups excluding carboxylic acids is 1. The van der Waals surface area contributed by atoms with Crippen molar-refractivity contribution in [1.29, 1.82) is 0 Å². The van der Waals surface area contributed by atoms with Crippen LogP contribution >= 0.6 is 0 Å². The Morgan fingerprint density at radius 2 is 1.95 bits per heavy atom. The fourth-order valence-electron chi connectivity index (χ4n) is 2.61. The maximum atomic E-state index is 12.1. The number of hydrogen-bond acceptors (Lipinski definition) is 4. The minimum absolute atomic E-state index is 0.227. The molecule has 2 rings (SSSR count). The molecule has 1 aliphatic heterocycles. The average Bonchev–Trinajstić information content (AvgIpc) is 2.51. The maximum Gasteiger partial charge on any atom is 0.326 e. The largest absolute Gasteiger partial charge is 0.464 e. The highest BCUT2D eigenvalue weighted by molar-refractivity contribution is 5.80. The van der Waals surface area contributed by atoms with Gasteiger partial charge in [0.05, 0.1) is 6.61 Å². The summed E-state index contributed by atoms with van der Waals surface area (Å²) in [6.45, 7) is 5.17. The minimum Gasteiger partial charge on any atom is -0.464 e. The molecule has 4 nitrogen and oxygen atoms in total. The predicted octanol–water partition coefficient (Wildman–Crippen LogP) is 2.32. The van der Waals surface area contributed by atoms with E-state index in [2.05, 4.69) is 36.1 Å². The molecule has 4 heteroatoms. The van der Waals surface area contributed by atoms with E-state index in [1.807, 2.05) is 6.07 Å². The summed E-state index contributed by atoms with van der Waals surface area (Å²) in [5, 5.41) is 0. The number of hydrogen-bond donors (Lipinski definition) is 1. The van der Waals surface area contributed by atoms with E-state index in [-0.39, 0.29) is 5.97 Å². The van der Waals surface area contributed by atoms with E-state index in [1.54, 1.807) is 0 Å². The highest BCUT2D eigenvalue weighted by Gasteiger charge is 2.38. The molecular weight excluding hydrogens is 264 g/mol. The zero-order valence-corrected chi connectivity index (χ0v) is 12.9. The summed E-state index contributed by atoms with van der Waals surface area (Å²) in [5.74, 6) is -0.227. The van der Waals surface area contributed by atoms with Gasteiger partial charge < -0.3 is 10.5 Å². The Morgan fingerprint density at radius 1 is 1.29 bits per heavy atom. The SMILES string of the molecule is CCCCOC(=O)C1(N)CCN(Cc2ccccc2)CC1. The number of unbranched alkanes of at least 4 members (excludes halogenated alkanes) is 1. The first kappa shape index (κ1) is 16.0. The first-order chi connectivity index (χ1) is 10.1. The van der Waals surface area contributed by atoms with Crippen LogP contribution in [0.2, 0.25) is 0 Å². The maximum absolute atomic E-state index is 12.1. The lowest BCUT2D eigenvalue weighted by Gasteiger charge is -2.37. The summed E-state index contributed by atoms with van der Waals surface area (Å²) in [6, 6.07) is 10.4. The Hall–Kier alpha value is -1.39. The van der Waals surface area contributed by atoms with E-state index < -0.39 is 5.54 Å². The number of carbonyl (C=O) groups is 1. The van der Waals surface area contributed by atoms with Gasteiger partial charge in [0.2, 0.25) is 0 Å². The van der Waals surface area contributed by atoms with Crippen molar-refractivity contribution in [3.05, 3.63) is 35.9 Å². The van der Waals surface area contributed by atoms with Crippen LogP contribution < -0.4 is 5.73 Å². The van der Waals surface area contributed by atoms with Gasteiger partial charge in [-0.15, -0.1) is 0 Å². The molecule has 0 radical (unpaired) electrons. The first-order valence-electron chi connectivity index (χ1n) is 7.86. The zero-order valence-electron chi connectivity index (χ0n) is 12.9. The molecule has 21 heavy (non-hydrogen) atoms. The number of ether oxygens (including phenoxy) is 1. The van der Waals surface area contributed by atoms with Crippen molar-refractivity contribution in [1.82, 2.24) is 4.90 Å². The number of likely N-dealkylation sites (tertiary alicyclic amines) is 1. The van der Waals surface area contributed by atoms with Crippen LogP contribution in [0, 0.1) is 0 Å². The van der Waals surface area contributed by atoms with Gasteiger partial charge in [-0.1, -0.05) is 43.7 Å². The lowest BCUT2D eigenvalue weighted by Crippen LogP contribution is -2.56. The molecule has 1 aromatic rings. The van der Waals surface area contributed by atoms with E-state index in [0.717, 1.165) is 32.5 Å². The summed E-state index contributed by atoms with van der Waals surface area (Å²) in [6.07, 6.45) is 3.27. The third kappa shape index (κ3) is 4.55. The lowest BCUT2D eigenvalue weighted by molar-refractivity contribution is -0.152. The van der Waals surface area contributed by atoms with Crippen LogP contribution in [-0.2, 0) is 16.1 Å². The second-order valence-electron chi connectivity index (χ2n) is 5.91. The van der Waals surface area contributed by atoms with Gasteiger partial charge in [0, 0.05) is 19.6 Å². The Bertz CT molecular complexity index is 439. The molecule has 1 aliphatic rings. The molecule has 116 valence electrons. The Kier molecular flexibility index (Phi) is 5.76. The van der Waals surface area contributed by atoms with Crippen molar-refractivity contribution in [2.24, 2.45) is 5.73 Å². The molecular formula is C17H26N2O2. The second kappa shape index (κ2) is 7.57. The van der Waals surface area contributed by atoms with Crippen molar-refractivity contribution in [3.8, 4) is 0 Å². The van der Waals surface area contributed by atoms with Crippen molar-refractivity contribution in [2.45, 2.75) is 44.7 Å². The summed E-state index contributed by atoms with van der Waals surface area (Å²) in [7, 11) is 0. The van der Waals surface area contributed by atoms with Gasteiger partial charge in [0.1, 0.15) is 5.54 Å². The highest BCUT2D eigenvalue weighted by atomic mass is 16.5. The normalized spacial score (nSPS) is 18.4. The molecule has 0 aliphatic carbocycles. The first-order valence-corrected chi connectivity index (χ1v) is 7.86. The van der Waals surface area contributed by atoms with Crippen LogP contribution in [0.4, 0.5) is 0 Å². The summed E-state index contributed by atoms with van der Waals surface area (Å²) in [4.78, 5) is 14.4. The van der Waals surface area contributed by atoms with Crippen molar-refractivity contribution in [2.75, 3.05) is 19.7 Å². The van der Waals surface area contributed by atoms with E-state index in [1.165, 1.54) is 5.56 Å². The van der Waals surface area contributed by atoms with Crippen LogP contribution in [0.3, 0.4) is 0 Å². The summed E-state index contributed by atoms with van der Waals surface area (Å²) >= 11 is 0. The number of esters is 1. The number of benzene rings is 1. The quantitative estimate of drug-likeness (QED) is 0.645. The molecule has 0 saturated carbocycles. The standard InChI is InChI=1S/C17H26N2O2/c1-2-3-13-21-16(20)17(18)9-11-19(12-10-17)14-15-7-5-4-6-8-15/h4-8H,2-3,9-14,18H2,1H3. The van der Waals surface area contributed by atoms with Gasteiger partial charge in [-0.2, -0.15) is 0 Å². The topological polar surface area (TPSA) is 55.6 Å². The number of rotatable bonds is 6. The minimum atomic E-state index is -0.791. The van der Waals surface area contributed by atoms with Gasteiger partial charge in [0.25, 0.3) is 0 Å². The van der Waals surface area contributed by atoms with Gasteiger partial charge in [-0.05, 0) is 24.8 Å². The number of piperidine rings is 1. The molecule has 1 heterocycles. The Morgan fingerprint density at radius 3 is 2.57 bits per heavy atom. The molecule has 0 unspecified atom stereocenters.